The van der Waals surface area contributed by atoms with Crippen LogP contribution in [0.5, 0.6) is 11.5 Å². The Balaban J connectivity index is 2.07. The van der Waals surface area contributed by atoms with E-state index in [1.54, 1.807) is 14.2 Å². The van der Waals surface area contributed by atoms with Crippen LogP contribution >= 0.6 is 0 Å². The fourth-order valence-electron chi connectivity index (χ4n) is 3.21. The van der Waals surface area contributed by atoms with Crippen LogP contribution in [0.1, 0.15) is 43.9 Å². The van der Waals surface area contributed by atoms with Crippen molar-refractivity contribution < 1.29 is 9.47 Å². The lowest BCUT2D eigenvalue weighted by molar-refractivity contribution is 0.286. The van der Waals surface area contributed by atoms with Crippen molar-refractivity contribution in [3.63, 3.8) is 0 Å². The van der Waals surface area contributed by atoms with E-state index < -0.39 is 0 Å². The molecule has 19 heavy (non-hydrogen) atoms. The molecule has 2 aliphatic rings. The number of hydrogen-bond acceptors (Lipinski definition) is 3. The molecule has 0 amide bonds. The van der Waals surface area contributed by atoms with E-state index in [0.717, 1.165) is 23.8 Å². The number of ether oxygens (including phenoxy) is 2. The highest BCUT2D eigenvalue weighted by Gasteiger charge is 2.40. The van der Waals surface area contributed by atoms with E-state index in [4.69, 9.17) is 9.47 Å². The van der Waals surface area contributed by atoms with Crippen molar-refractivity contribution >= 4 is 0 Å². The average Bonchev–Trinajstić information content (AvgIpc) is 3.19. The van der Waals surface area contributed by atoms with Gasteiger partial charge in [0.2, 0.25) is 0 Å². The molecule has 3 heteroatoms. The average molecular weight is 261 g/mol. The molecular formula is C16H23NO2. The molecule has 1 aliphatic carbocycles. The van der Waals surface area contributed by atoms with Crippen molar-refractivity contribution in [2.75, 3.05) is 14.2 Å². The second-order valence-corrected chi connectivity index (χ2v) is 6.43. The molecule has 1 saturated carbocycles. The van der Waals surface area contributed by atoms with Crippen molar-refractivity contribution in [3.8, 4) is 11.5 Å². The second-order valence-electron chi connectivity index (χ2n) is 6.43. The highest BCUT2D eigenvalue weighted by molar-refractivity contribution is 5.50. The Hall–Kier alpha value is -1.22. The van der Waals surface area contributed by atoms with E-state index in [0.29, 0.717) is 6.04 Å². The summed E-state index contributed by atoms with van der Waals surface area (Å²) in [5.41, 5.74) is 2.96. The summed E-state index contributed by atoms with van der Waals surface area (Å²) in [5, 5.41) is 3.80. The molecule has 3 nitrogen and oxygen atoms in total. The third kappa shape index (κ3) is 2.32. The van der Waals surface area contributed by atoms with Gasteiger partial charge in [-0.2, -0.15) is 0 Å². The lowest BCUT2D eigenvalue weighted by atomic mass is 9.82. The Bertz CT molecular complexity index is 492. The Kier molecular flexibility index (Phi) is 2.97. The van der Waals surface area contributed by atoms with Gasteiger partial charge < -0.3 is 14.8 Å². The van der Waals surface area contributed by atoms with Gasteiger partial charge in [0.05, 0.1) is 14.2 Å². The van der Waals surface area contributed by atoms with Gasteiger partial charge in [0.1, 0.15) is 0 Å². The summed E-state index contributed by atoms with van der Waals surface area (Å²) in [5.74, 6) is 2.47. The van der Waals surface area contributed by atoms with Crippen LogP contribution in [0.2, 0.25) is 0 Å². The van der Waals surface area contributed by atoms with E-state index in [9.17, 15) is 0 Å². The fraction of sp³-hybridized carbons (Fsp3) is 0.625. The molecule has 1 fully saturated rings. The molecule has 0 spiro atoms. The van der Waals surface area contributed by atoms with Crippen LogP contribution in [-0.4, -0.2) is 19.8 Å². The van der Waals surface area contributed by atoms with Crippen molar-refractivity contribution in [2.24, 2.45) is 5.92 Å². The number of nitrogens with one attached hydrogen (secondary N) is 1. The highest BCUT2D eigenvalue weighted by atomic mass is 16.5. The summed E-state index contributed by atoms with van der Waals surface area (Å²) < 4.78 is 10.9. The number of hydrogen-bond donors (Lipinski definition) is 1. The maximum Gasteiger partial charge on any atom is 0.161 e. The van der Waals surface area contributed by atoms with Crippen LogP contribution in [0.15, 0.2) is 12.1 Å². The molecule has 3 rings (SSSR count). The van der Waals surface area contributed by atoms with Gasteiger partial charge in [0, 0.05) is 11.6 Å². The summed E-state index contributed by atoms with van der Waals surface area (Å²) in [4.78, 5) is 0. The number of benzene rings is 1. The third-order valence-corrected chi connectivity index (χ3v) is 4.25. The molecule has 0 aromatic heterocycles. The maximum atomic E-state index is 5.45. The monoisotopic (exact) mass is 261 g/mol. The molecule has 0 bridgehead atoms. The van der Waals surface area contributed by atoms with Crippen molar-refractivity contribution in [3.05, 3.63) is 23.3 Å². The zero-order valence-electron chi connectivity index (χ0n) is 12.2. The van der Waals surface area contributed by atoms with Crippen molar-refractivity contribution in [1.29, 1.82) is 0 Å². The van der Waals surface area contributed by atoms with E-state index >= 15 is 0 Å². The minimum atomic E-state index is 0.153. The number of rotatable bonds is 3. The van der Waals surface area contributed by atoms with Gasteiger partial charge in [0.15, 0.2) is 11.5 Å². The van der Waals surface area contributed by atoms with E-state index in [2.05, 4.69) is 31.3 Å². The fourth-order valence-corrected chi connectivity index (χ4v) is 3.21. The van der Waals surface area contributed by atoms with Gasteiger partial charge in [-0.15, -0.1) is 0 Å². The van der Waals surface area contributed by atoms with Gasteiger partial charge in [0.25, 0.3) is 0 Å². The Labute approximate surface area is 115 Å². The normalized spacial score (nSPS) is 24.7. The molecule has 1 aliphatic heterocycles. The zero-order chi connectivity index (χ0) is 13.6. The topological polar surface area (TPSA) is 30.5 Å². The summed E-state index contributed by atoms with van der Waals surface area (Å²) in [6.45, 7) is 4.56. The van der Waals surface area contributed by atoms with E-state index in [1.165, 1.54) is 24.0 Å². The van der Waals surface area contributed by atoms with Crippen LogP contribution < -0.4 is 14.8 Å². The largest absolute Gasteiger partial charge is 0.493 e. The minimum absolute atomic E-state index is 0.153. The highest BCUT2D eigenvalue weighted by Crippen LogP contribution is 2.47. The van der Waals surface area contributed by atoms with Gasteiger partial charge in [-0.05, 0) is 62.3 Å². The van der Waals surface area contributed by atoms with Crippen molar-refractivity contribution in [2.45, 2.75) is 44.7 Å². The van der Waals surface area contributed by atoms with E-state index in [1.807, 2.05) is 0 Å². The van der Waals surface area contributed by atoms with Crippen LogP contribution in [-0.2, 0) is 6.42 Å². The summed E-state index contributed by atoms with van der Waals surface area (Å²) >= 11 is 0. The molecule has 1 N–H and O–H groups in total. The summed E-state index contributed by atoms with van der Waals surface area (Å²) in [7, 11) is 3.41. The zero-order valence-corrected chi connectivity index (χ0v) is 12.2. The van der Waals surface area contributed by atoms with Crippen LogP contribution in [0.4, 0.5) is 0 Å². The summed E-state index contributed by atoms with van der Waals surface area (Å²) in [6, 6.07) is 4.80. The Morgan fingerprint density at radius 1 is 1.11 bits per heavy atom. The smallest absolute Gasteiger partial charge is 0.161 e. The molecule has 1 unspecified atom stereocenters. The third-order valence-electron chi connectivity index (χ3n) is 4.25. The number of methoxy groups -OCH3 is 2. The number of fused-ring (bicyclic) bond motifs is 1. The SMILES string of the molecule is COc1cc2c(cc1OC)C(C1CC1)NC(C)(C)C2. The first kappa shape index (κ1) is 12.8. The first-order valence-corrected chi connectivity index (χ1v) is 7.06. The van der Waals surface area contributed by atoms with Gasteiger partial charge in [-0.25, -0.2) is 0 Å². The van der Waals surface area contributed by atoms with E-state index in [-0.39, 0.29) is 5.54 Å². The lowest BCUT2D eigenvalue weighted by Gasteiger charge is -2.39. The molecule has 104 valence electrons. The van der Waals surface area contributed by atoms with Gasteiger partial charge >= 0.3 is 0 Å². The standard InChI is InChI=1S/C16H23NO2/c1-16(2)9-11-7-13(18-3)14(19-4)8-12(11)15(17-16)10-5-6-10/h7-8,10,15,17H,5-6,9H2,1-4H3. The van der Waals surface area contributed by atoms with Crippen LogP contribution in [0.3, 0.4) is 0 Å². The quantitative estimate of drug-likeness (QED) is 0.907. The van der Waals surface area contributed by atoms with Crippen LogP contribution in [0, 0.1) is 5.92 Å². The predicted octanol–water partition coefficient (Wildman–Crippen LogP) is 3.08. The molecule has 0 saturated heterocycles. The Morgan fingerprint density at radius 2 is 1.74 bits per heavy atom. The molecule has 1 aromatic rings. The van der Waals surface area contributed by atoms with Gasteiger partial charge in [-0.1, -0.05) is 0 Å². The van der Waals surface area contributed by atoms with Crippen molar-refractivity contribution in [1.82, 2.24) is 5.32 Å². The molecule has 1 aromatic carbocycles. The van der Waals surface area contributed by atoms with Gasteiger partial charge in [-0.3, -0.25) is 0 Å². The lowest BCUT2D eigenvalue weighted by Crippen LogP contribution is -2.48. The summed E-state index contributed by atoms with van der Waals surface area (Å²) in [6.07, 6.45) is 3.70. The molecule has 1 atom stereocenters. The first-order valence-electron chi connectivity index (χ1n) is 7.06. The second kappa shape index (κ2) is 4.41. The first-order chi connectivity index (χ1) is 9.04. The Morgan fingerprint density at radius 3 is 2.32 bits per heavy atom. The molecule has 0 radical (unpaired) electrons. The maximum absolute atomic E-state index is 5.45. The minimum Gasteiger partial charge on any atom is -0.493 e. The predicted molar refractivity (Wildman–Crippen MR) is 75.9 cm³/mol. The molecule has 1 heterocycles. The van der Waals surface area contributed by atoms with Crippen LogP contribution in [0.25, 0.3) is 0 Å². The molecular weight excluding hydrogens is 238 g/mol.